The molecule has 0 radical (unpaired) electrons. The number of amides is 1. The Bertz CT molecular complexity index is 812. The minimum absolute atomic E-state index is 0.218. The summed E-state index contributed by atoms with van der Waals surface area (Å²) in [6, 6.07) is 17.1. The van der Waals surface area contributed by atoms with Gasteiger partial charge < -0.3 is 11.1 Å². The molecule has 0 aliphatic carbocycles. The molecule has 1 heterocycles. The molecule has 3 rings (SSSR count). The molecule has 0 bridgehead atoms. The SMILES string of the molecule is Cc1ccc(Sc2n[nH]c(N)c2NC(=O)c2ccccc2)cc1. The summed E-state index contributed by atoms with van der Waals surface area (Å²) in [5.74, 6) is 0.119. The van der Waals surface area contributed by atoms with Gasteiger partial charge in [-0.1, -0.05) is 47.7 Å². The van der Waals surface area contributed by atoms with Crippen molar-refractivity contribution in [3.8, 4) is 0 Å². The number of hydrogen-bond acceptors (Lipinski definition) is 4. The summed E-state index contributed by atoms with van der Waals surface area (Å²) < 4.78 is 0. The largest absolute Gasteiger partial charge is 0.382 e. The van der Waals surface area contributed by atoms with Gasteiger partial charge in [-0.2, -0.15) is 5.10 Å². The normalized spacial score (nSPS) is 10.5. The zero-order valence-electron chi connectivity index (χ0n) is 12.5. The van der Waals surface area contributed by atoms with Crippen molar-refractivity contribution in [1.82, 2.24) is 10.2 Å². The van der Waals surface area contributed by atoms with Gasteiger partial charge in [0, 0.05) is 10.5 Å². The van der Waals surface area contributed by atoms with E-state index in [4.69, 9.17) is 5.73 Å². The van der Waals surface area contributed by atoms with Crippen LogP contribution in [0.15, 0.2) is 64.5 Å². The van der Waals surface area contributed by atoms with Crippen molar-refractivity contribution < 1.29 is 4.79 Å². The van der Waals surface area contributed by atoms with Crippen LogP contribution in [0, 0.1) is 6.92 Å². The third kappa shape index (κ3) is 3.54. The molecule has 116 valence electrons. The van der Waals surface area contributed by atoms with Gasteiger partial charge >= 0.3 is 0 Å². The molecule has 5 nitrogen and oxygen atoms in total. The lowest BCUT2D eigenvalue weighted by atomic mass is 10.2. The highest BCUT2D eigenvalue weighted by Crippen LogP contribution is 2.35. The second-order valence-corrected chi connectivity index (χ2v) is 6.11. The molecule has 4 N–H and O–H groups in total. The number of hydrogen-bond donors (Lipinski definition) is 3. The van der Waals surface area contributed by atoms with Gasteiger partial charge in [-0.25, -0.2) is 0 Å². The van der Waals surface area contributed by atoms with E-state index in [2.05, 4.69) is 15.5 Å². The van der Waals surface area contributed by atoms with Crippen LogP contribution in [0.25, 0.3) is 0 Å². The van der Waals surface area contributed by atoms with Crippen molar-refractivity contribution in [2.45, 2.75) is 16.8 Å². The zero-order chi connectivity index (χ0) is 16.2. The average molecular weight is 324 g/mol. The van der Waals surface area contributed by atoms with E-state index in [0.29, 0.717) is 22.1 Å². The molecular weight excluding hydrogens is 308 g/mol. The Balaban J connectivity index is 1.81. The van der Waals surface area contributed by atoms with Crippen molar-refractivity contribution in [2.75, 3.05) is 11.1 Å². The van der Waals surface area contributed by atoms with Gasteiger partial charge in [0.05, 0.1) is 0 Å². The van der Waals surface area contributed by atoms with E-state index < -0.39 is 0 Å². The van der Waals surface area contributed by atoms with Crippen LogP contribution in [0.2, 0.25) is 0 Å². The van der Waals surface area contributed by atoms with Gasteiger partial charge in [0.15, 0.2) is 0 Å². The van der Waals surface area contributed by atoms with E-state index >= 15 is 0 Å². The fourth-order valence-corrected chi connectivity index (χ4v) is 2.88. The molecule has 0 atom stereocenters. The molecular formula is C17H16N4OS. The summed E-state index contributed by atoms with van der Waals surface area (Å²) in [5, 5.41) is 10.4. The quantitative estimate of drug-likeness (QED) is 0.683. The van der Waals surface area contributed by atoms with Crippen LogP contribution >= 0.6 is 11.8 Å². The van der Waals surface area contributed by atoms with Crippen molar-refractivity contribution in [1.29, 1.82) is 0 Å². The second-order valence-electron chi connectivity index (χ2n) is 5.05. The number of aromatic nitrogens is 2. The van der Waals surface area contributed by atoms with E-state index in [1.54, 1.807) is 12.1 Å². The lowest BCUT2D eigenvalue weighted by Crippen LogP contribution is -2.12. The van der Waals surface area contributed by atoms with E-state index in [1.165, 1.54) is 17.3 Å². The first-order chi connectivity index (χ1) is 11.1. The highest BCUT2D eigenvalue weighted by Gasteiger charge is 2.16. The molecule has 0 aliphatic heterocycles. The number of carbonyl (C=O) groups excluding carboxylic acids is 1. The maximum Gasteiger partial charge on any atom is 0.255 e. The third-order valence-electron chi connectivity index (χ3n) is 3.27. The van der Waals surface area contributed by atoms with Crippen molar-refractivity contribution in [3.63, 3.8) is 0 Å². The molecule has 3 aromatic rings. The lowest BCUT2D eigenvalue weighted by molar-refractivity contribution is 0.102. The monoisotopic (exact) mass is 324 g/mol. The Hall–Kier alpha value is -2.73. The molecule has 1 amide bonds. The number of nitrogens with two attached hydrogens (primary N) is 1. The predicted molar refractivity (Wildman–Crippen MR) is 92.7 cm³/mol. The maximum atomic E-state index is 12.3. The fraction of sp³-hybridized carbons (Fsp3) is 0.0588. The number of nitrogen functional groups attached to an aromatic ring is 1. The van der Waals surface area contributed by atoms with E-state index in [9.17, 15) is 4.79 Å². The minimum Gasteiger partial charge on any atom is -0.382 e. The average Bonchev–Trinajstić information content (AvgIpc) is 2.91. The Morgan fingerprint density at radius 2 is 1.83 bits per heavy atom. The molecule has 0 fully saturated rings. The number of benzene rings is 2. The first-order valence-corrected chi connectivity index (χ1v) is 7.90. The smallest absolute Gasteiger partial charge is 0.255 e. The van der Waals surface area contributed by atoms with Crippen LogP contribution in [0.3, 0.4) is 0 Å². The number of nitrogens with one attached hydrogen (secondary N) is 2. The molecule has 0 saturated heterocycles. The van der Waals surface area contributed by atoms with Crippen molar-refractivity contribution in [2.24, 2.45) is 0 Å². The minimum atomic E-state index is -0.218. The second kappa shape index (κ2) is 6.58. The van der Waals surface area contributed by atoms with Crippen LogP contribution in [-0.2, 0) is 0 Å². The van der Waals surface area contributed by atoms with Gasteiger partial charge in [-0.3, -0.25) is 9.89 Å². The summed E-state index contributed by atoms with van der Waals surface area (Å²) in [4.78, 5) is 13.3. The summed E-state index contributed by atoms with van der Waals surface area (Å²) in [6.45, 7) is 2.03. The number of H-pyrrole nitrogens is 1. The highest BCUT2D eigenvalue weighted by atomic mass is 32.2. The summed E-state index contributed by atoms with van der Waals surface area (Å²) in [7, 11) is 0. The van der Waals surface area contributed by atoms with Crippen LogP contribution in [0.1, 0.15) is 15.9 Å². The first-order valence-electron chi connectivity index (χ1n) is 7.08. The topological polar surface area (TPSA) is 83.8 Å². The summed E-state index contributed by atoms with van der Waals surface area (Å²) in [6.07, 6.45) is 0. The summed E-state index contributed by atoms with van der Waals surface area (Å²) >= 11 is 1.44. The van der Waals surface area contributed by atoms with Gasteiger partial charge in [0.1, 0.15) is 16.5 Å². The number of aryl methyl sites for hydroxylation is 1. The van der Waals surface area contributed by atoms with Crippen LogP contribution in [0.5, 0.6) is 0 Å². The third-order valence-corrected chi connectivity index (χ3v) is 4.27. The first kappa shape index (κ1) is 15.2. The van der Waals surface area contributed by atoms with E-state index in [-0.39, 0.29) is 5.91 Å². The van der Waals surface area contributed by atoms with Gasteiger partial charge in [-0.05, 0) is 31.2 Å². The van der Waals surface area contributed by atoms with Crippen molar-refractivity contribution >= 4 is 29.2 Å². The fourth-order valence-electron chi connectivity index (χ4n) is 2.03. The standard InChI is InChI=1S/C17H16N4OS/c1-11-7-9-13(10-8-11)23-17-14(15(18)20-21-17)19-16(22)12-5-3-2-4-6-12/h2-10H,1H3,(H,19,22)(H3,18,20,21). The Labute approximate surface area is 138 Å². The zero-order valence-corrected chi connectivity index (χ0v) is 13.4. The van der Waals surface area contributed by atoms with Gasteiger partial charge in [0.2, 0.25) is 0 Å². The number of rotatable bonds is 4. The lowest BCUT2D eigenvalue weighted by Gasteiger charge is -2.06. The van der Waals surface area contributed by atoms with Gasteiger partial charge in [0.25, 0.3) is 5.91 Å². The van der Waals surface area contributed by atoms with Crippen LogP contribution in [-0.4, -0.2) is 16.1 Å². The van der Waals surface area contributed by atoms with Crippen LogP contribution < -0.4 is 11.1 Å². The number of anilines is 2. The number of nitrogens with zero attached hydrogens (tertiary/aromatic N) is 1. The van der Waals surface area contributed by atoms with Gasteiger partial charge in [-0.15, -0.1) is 0 Å². The van der Waals surface area contributed by atoms with Crippen LogP contribution in [0.4, 0.5) is 11.5 Å². The molecule has 2 aromatic carbocycles. The molecule has 0 aliphatic rings. The molecule has 23 heavy (non-hydrogen) atoms. The molecule has 0 spiro atoms. The van der Waals surface area contributed by atoms with Crippen molar-refractivity contribution in [3.05, 3.63) is 65.7 Å². The Morgan fingerprint density at radius 3 is 2.52 bits per heavy atom. The number of carbonyl (C=O) groups is 1. The number of aromatic amines is 1. The summed E-state index contributed by atoms with van der Waals surface area (Å²) in [5.41, 5.74) is 8.16. The highest BCUT2D eigenvalue weighted by molar-refractivity contribution is 7.99. The molecule has 1 aromatic heterocycles. The molecule has 6 heteroatoms. The Kier molecular flexibility index (Phi) is 4.34. The van der Waals surface area contributed by atoms with E-state index in [0.717, 1.165) is 4.90 Å². The Morgan fingerprint density at radius 1 is 1.13 bits per heavy atom. The predicted octanol–water partition coefficient (Wildman–Crippen LogP) is 3.70. The maximum absolute atomic E-state index is 12.3. The van der Waals surface area contributed by atoms with E-state index in [1.807, 2.05) is 49.4 Å². The molecule has 0 saturated carbocycles. The molecule has 0 unspecified atom stereocenters.